The highest BCUT2D eigenvalue weighted by Crippen LogP contribution is 2.24. The largest absolute Gasteiger partial charge is 0.422 e. The number of benzene rings is 1. The van der Waals surface area contributed by atoms with Crippen molar-refractivity contribution in [3.8, 4) is 0 Å². The highest BCUT2D eigenvalue weighted by Gasteiger charge is 2.25. The SMILES string of the molecule is C=CCc1cccc2cc(C(=O)N(C)C3CCCCC3)c(=O)oc12. The van der Waals surface area contributed by atoms with E-state index in [9.17, 15) is 9.59 Å². The monoisotopic (exact) mass is 325 g/mol. The molecule has 0 radical (unpaired) electrons. The van der Waals surface area contributed by atoms with E-state index in [1.165, 1.54) is 6.42 Å². The molecule has 1 heterocycles. The van der Waals surface area contributed by atoms with Gasteiger partial charge in [-0.3, -0.25) is 4.79 Å². The summed E-state index contributed by atoms with van der Waals surface area (Å²) < 4.78 is 5.48. The Morgan fingerprint density at radius 1 is 1.33 bits per heavy atom. The summed E-state index contributed by atoms with van der Waals surface area (Å²) >= 11 is 0. The van der Waals surface area contributed by atoms with Crippen LogP contribution in [0.5, 0.6) is 0 Å². The summed E-state index contributed by atoms with van der Waals surface area (Å²) in [6.45, 7) is 3.73. The van der Waals surface area contributed by atoms with E-state index >= 15 is 0 Å². The van der Waals surface area contributed by atoms with E-state index in [-0.39, 0.29) is 17.5 Å². The fourth-order valence-electron chi connectivity index (χ4n) is 3.49. The Morgan fingerprint density at radius 2 is 2.08 bits per heavy atom. The lowest BCUT2D eigenvalue weighted by atomic mass is 9.94. The summed E-state index contributed by atoms with van der Waals surface area (Å²) in [6.07, 6.45) is 7.90. The molecule has 1 aromatic heterocycles. The van der Waals surface area contributed by atoms with Crippen LogP contribution in [0.1, 0.15) is 48.0 Å². The van der Waals surface area contributed by atoms with Gasteiger partial charge in [0, 0.05) is 18.5 Å². The Labute approximate surface area is 141 Å². The van der Waals surface area contributed by atoms with Gasteiger partial charge in [0.2, 0.25) is 0 Å². The third-order valence-corrected chi connectivity index (χ3v) is 4.88. The van der Waals surface area contributed by atoms with Gasteiger partial charge in [0.05, 0.1) is 0 Å². The van der Waals surface area contributed by atoms with E-state index in [2.05, 4.69) is 6.58 Å². The Kier molecular flexibility index (Phi) is 4.84. The normalized spacial score (nSPS) is 15.4. The number of fused-ring (bicyclic) bond motifs is 1. The molecule has 0 saturated heterocycles. The number of hydrogen-bond donors (Lipinski definition) is 0. The molecule has 1 aliphatic rings. The first-order valence-corrected chi connectivity index (χ1v) is 8.55. The minimum Gasteiger partial charge on any atom is -0.422 e. The van der Waals surface area contributed by atoms with Crippen LogP contribution in [-0.2, 0) is 6.42 Å². The fourth-order valence-corrected chi connectivity index (χ4v) is 3.49. The van der Waals surface area contributed by atoms with Crippen LogP contribution in [0.15, 0.2) is 46.1 Å². The molecule has 4 nitrogen and oxygen atoms in total. The van der Waals surface area contributed by atoms with Gasteiger partial charge in [-0.05, 0) is 30.9 Å². The van der Waals surface area contributed by atoms with Gasteiger partial charge < -0.3 is 9.32 Å². The molecule has 1 aliphatic carbocycles. The maximum absolute atomic E-state index is 12.8. The van der Waals surface area contributed by atoms with Crippen LogP contribution < -0.4 is 5.63 Å². The number of hydrogen-bond acceptors (Lipinski definition) is 3. The van der Waals surface area contributed by atoms with Gasteiger partial charge in [-0.15, -0.1) is 6.58 Å². The van der Waals surface area contributed by atoms with Gasteiger partial charge in [-0.2, -0.15) is 0 Å². The van der Waals surface area contributed by atoms with Crippen molar-refractivity contribution in [3.05, 3.63) is 58.5 Å². The zero-order chi connectivity index (χ0) is 17.1. The van der Waals surface area contributed by atoms with Crippen LogP contribution in [-0.4, -0.2) is 23.9 Å². The second kappa shape index (κ2) is 7.04. The van der Waals surface area contributed by atoms with Crippen molar-refractivity contribution in [2.24, 2.45) is 0 Å². The predicted molar refractivity (Wildman–Crippen MR) is 95.4 cm³/mol. The van der Waals surface area contributed by atoms with E-state index in [0.29, 0.717) is 12.0 Å². The lowest BCUT2D eigenvalue weighted by Crippen LogP contribution is -2.40. The first-order chi connectivity index (χ1) is 11.6. The minimum absolute atomic E-state index is 0.117. The van der Waals surface area contributed by atoms with Crippen molar-refractivity contribution < 1.29 is 9.21 Å². The summed E-state index contributed by atoms with van der Waals surface area (Å²) in [5, 5.41) is 0.773. The summed E-state index contributed by atoms with van der Waals surface area (Å²) in [5.41, 5.74) is 0.997. The van der Waals surface area contributed by atoms with Crippen molar-refractivity contribution in [2.45, 2.75) is 44.6 Å². The topological polar surface area (TPSA) is 50.5 Å². The number of allylic oxidation sites excluding steroid dienone is 1. The molecule has 24 heavy (non-hydrogen) atoms. The zero-order valence-electron chi connectivity index (χ0n) is 14.1. The van der Waals surface area contributed by atoms with E-state index in [4.69, 9.17) is 4.42 Å². The number of carbonyl (C=O) groups is 1. The summed E-state index contributed by atoms with van der Waals surface area (Å²) in [6, 6.07) is 7.55. The van der Waals surface area contributed by atoms with Gasteiger partial charge >= 0.3 is 5.63 Å². The third-order valence-electron chi connectivity index (χ3n) is 4.88. The zero-order valence-corrected chi connectivity index (χ0v) is 14.1. The van der Waals surface area contributed by atoms with Crippen LogP contribution in [0, 0.1) is 0 Å². The Morgan fingerprint density at radius 3 is 2.79 bits per heavy atom. The van der Waals surface area contributed by atoms with Gasteiger partial charge in [0.1, 0.15) is 11.1 Å². The van der Waals surface area contributed by atoms with Crippen LogP contribution in [0.3, 0.4) is 0 Å². The van der Waals surface area contributed by atoms with Crippen LogP contribution in [0.2, 0.25) is 0 Å². The lowest BCUT2D eigenvalue weighted by Gasteiger charge is -2.31. The van der Waals surface area contributed by atoms with E-state index in [1.807, 2.05) is 18.2 Å². The number of para-hydroxylation sites is 1. The molecule has 0 spiro atoms. The highest BCUT2D eigenvalue weighted by molar-refractivity contribution is 5.97. The Bertz CT molecular complexity index is 815. The fraction of sp³-hybridized carbons (Fsp3) is 0.400. The lowest BCUT2D eigenvalue weighted by molar-refractivity contribution is 0.0692. The van der Waals surface area contributed by atoms with Gasteiger partial charge in [-0.25, -0.2) is 4.79 Å². The molecule has 0 atom stereocenters. The van der Waals surface area contributed by atoms with Gasteiger partial charge in [-0.1, -0.05) is 43.5 Å². The first-order valence-electron chi connectivity index (χ1n) is 8.55. The molecule has 0 aliphatic heterocycles. The first kappa shape index (κ1) is 16.5. The molecule has 4 heteroatoms. The molecule has 126 valence electrons. The maximum Gasteiger partial charge on any atom is 0.349 e. The maximum atomic E-state index is 12.8. The van der Waals surface area contributed by atoms with E-state index in [1.54, 1.807) is 24.1 Å². The smallest absolute Gasteiger partial charge is 0.349 e. The summed E-state index contributed by atoms with van der Waals surface area (Å²) in [7, 11) is 1.79. The second-order valence-corrected chi connectivity index (χ2v) is 6.48. The predicted octanol–water partition coefficient (Wildman–Crippen LogP) is 3.93. The van der Waals surface area contributed by atoms with Gasteiger partial charge in [0.25, 0.3) is 5.91 Å². The molecule has 1 saturated carbocycles. The molecule has 0 unspecified atom stereocenters. The average molecular weight is 325 g/mol. The third kappa shape index (κ3) is 3.14. The highest BCUT2D eigenvalue weighted by atomic mass is 16.4. The minimum atomic E-state index is -0.563. The molecular formula is C20H23NO3. The summed E-state index contributed by atoms with van der Waals surface area (Å²) in [4.78, 5) is 26.9. The van der Waals surface area contributed by atoms with Crippen molar-refractivity contribution in [1.29, 1.82) is 0 Å². The molecule has 2 aromatic rings. The van der Waals surface area contributed by atoms with Crippen molar-refractivity contribution in [2.75, 3.05) is 7.05 Å². The van der Waals surface area contributed by atoms with Crippen molar-refractivity contribution in [1.82, 2.24) is 4.90 Å². The van der Waals surface area contributed by atoms with Crippen molar-refractivity contribution in [3.63, 3.8) is 0 Å². The van der Waals surface area contributed by atoms with E-state index in [0.717, 1.165) is 36.6 Å². The van der Waals surface area contributed by atoms with Crippen molar-refractivity contribution >= 4 is 16.9 Å². The van der Waals surface area contributed by atoms with Crippen LogP contribution in [0.4, 0.5) is 0 Å². The molecule has 1 aromatic carbocycles. The molecule has 1 amide bonds. The Balaban J connectivity index is 1.97. The quantitative estimate of drug-likeness (QED) is 0.632. The molecule has 0 N–H and O–H groups in total. The van der Waals surface area contributed by atoms with Gasteiger partial charge in [0.15, 0.2) is 0 Å². The molecule has 3 rings (SSSR count). The molecule has 1 fully saturated rings. The van der Waals surface area contributed by atoms with E-state index < -0.39 is 5.63 Å². The van der Waals surface area contributed by atoms with Crippen LogP contribution >= 0.6 is 0 Å². The molecule has 0 bridgehead atoms. The second-order valence-electron chi connectivity index (χ2n) is 6.48. The number of rotatable bonds is 4. The number of amides is 1. The summed E-state index contributed by atoms with van der Waals surface area (Å²) in [5.74, 6) is -0.244. The average Bonchev–Trinajstić information content (AvgIpc) is 2.61. The molecular weight excluding hydrogens is 302 g/mol. The number of nitrogens with zero attached hydrogens (tertiary/aromatic N) is 1. The number of carbonyl (C=O) groups excluding carboxylic acids is 1. The standard InChI is InChI=1S/C20H23NO3/c1-3-8-14-9-7-10-15-13-17(20(23)24-18(14)15)19(22)21(2)16-11-5-4-6-12-16/h3,7,9-10,13,16H,1,4-6,8,11-12H2,2H3. The Hall–Kier alpha value is -2.36. The van der Waals surface area contributed by atoms with Crippen LogP contribution in [0.25, 0.3) is 11.0 Å².